The van der Waals surface area contributed by atoms with Gasteiger partial charge in [0.1, 0.15) is 10.6 Å². The molecule has 0 spiro atoms. The first-order chi connectivity index (χ1) is 9.45. The van der Waals surface area contributed by atoms with Gasteiger partial charge in [0, 0.05) is 24.2 Å². The van der Waals surface area contributed by atoms with Gasteiger partial charge in [-0.3, -0.25) is 0 Å². The summed E-state index contributed by atoms with van der Waals surface area (Å²) in [5.74, 6) is 0.353. The van der Waals surface area contributed by atoms with Crippen LogP contribution in [0.5, 0.6) is 5.75 Å². The van der Waals surface area contributed by atoms with E-state index in [1.807, 2.05) is 6.92 Å². The first kappa shape index (κ1) is 15.8. The third-order valence-corrected chi connectivity index (χ3v) is 5.54. The Morgan fingerprint density at radius 3 is 2.90 bits per heavy atom. The van der Waals surface area contributed by atoms with Crippen molar-refractivity contribution in [1.82, 2.24) is 4.31 Å². The molecule has 1 aromatic rings. The number of hydrogen-bond acceptors (Lipinski definition) is 4. The Balaban J connectivity index is 2.41. The summed E-state index contributed by atoms with van der Waals surface area (Å²) in [6, 6.07) is 4.98. The SMILES string of the molecule is COc1ccc(Br)cc1S(=O)(=O)N1CCCOC(C)C1. The van der Waals surface area contributed by atoms with Crippen molar-refractivity contribution in [2.45, 2.75) is 24.3 Å². The summed E-state index contributed by atoms with van der Waals surface area (Å²) in [6.45, 7) is 3.29. The molecular weight excluding hydrogens is 346 g/mol. The third kappa shape index (κ3) is 3.33. The fourth-order valence-corrected chi connectivity index (χ4v) is 4.41. The van der Waals surface area contributed by atoms with E-state index in [4.69, 9.17) is 9.47 Å². The van der Waals surface area contributed by atoms with Crippen molar-refractivity contribution in [2.75, 3.05) is 26.8 Å². The highest BCUT2D eigenvalue weighted by Crippen LogP contribution is 2.30. The minimum Gasteiger partial charge on any atom is -0.495 e. The van der Waals surface area contributed by atoms with E-state index >= 15 is 0 Å². The lowest BCUT2D eigenvalue weighted by atomic mass is 10.3. The number of hydrogen-bond donors (Lipinski definition) is 0. The van der Waals surface area contributed by atoms with Gasteiger partial charge in [0.05, 0.1) is 13.2 Å². The molecule has 20 heavy (non-hydrogen) atoms. The lowest BCUT2D eigenvalue weighted by Gasteiger charge is -2.22. The van der Waals surface area contributed by atoms with Crippen LogP contribution in [0.25, 0.3) is 0 Å². The molecule has 1 aliphatic rings. The molecule has 1 atom stereocenters. The molecule has 1 aliphatic heterocycles. The zero-order valence-corrected chi connectivity index (χ0v) is 13.9. The van der Waals surface area contributed by atoms with E-state index in [1.54, 1.807) is 18.2 Å². The maximum Gasteiger partial charge on any atom is 0.246 e. The zero-order valence-electron chi connectivity index (χ0n) is 11.5. The third-order valence-electron chi connectivity index (χ3n) is 3.16. The number of halogens is 1. The van der Waals surface area contributed by atoms with E-state index in [-0.39, 0.29) is 11.0 Å². The van der Waals surface area contributed by atoms with Gasteiger partial charge in [0.2, 0.25) is 10.0 Å². The van der Waals surface area contributed by atoms with Gasteiger partial charge in [-0.2, -0.15) is 4.31 Å². The summed E-state index contributed by atoms with van der Waals surface area (Å²) in [6.07, 6.45) is 0.588. The van der Waals surface area contributed by atoms with Gasteiger partial charge in [-0.25, -0.2) is 8.42 Å². The summed E-state index contributed by atoms with van der Waals surface area (Å²) in [4.78, 5) is 0.184. The monoisotopic (exact) mass is 363 g/mol. The molecule has 1 fully saturated rings. The average Bonchev–Trinajstić information content (AvgIpc) is 2.64. The average molecular weight is 364 g/mol. The molecule has 7 heteroatoms. The molecule has 112 valence electrons. The molecule has 0 N–H and O–H groups in total. The predicted molar refractivity (Wildman–Crippen MR) is 79.5 cm³/mol. The molecule has 0 bridgehead atoms. The number of rotatable bonds is 3. The van der Waals surface area contributed by atoms with Gasteiger partial charge < -0.3 is 9.47 Å². The summed E-state index contributed by atoms with van der Waals surface area (Å²) in [7, 11) is -2.12. The highest BCUT2D eigenvalue weighted by Gasteiger charge is 2.30. The van der Waals surface area contributed by atoms with Crippen LogP contribution in [0.1, 0.15) is 13.3 Å². The molecule has 1 saturated heterocycles. The molecular formula is C13H18BrNO4S. The zero-order chi connectivity index (χ0) is 14.8. The number of sulfonamides is 1. The molecule has 1 aromatic carbocycles. The highest BCUT2D eigenvalue weighted by molar-refractivity contribution is 9.10. The number of ether oxygens (including phenoxy) is 2. The number of methoxy groups -OCH3 is 1. The van der Waals surface area contributed by atoms with Gasteiger partial charge in [0.15, 0.2) is 0 Å². The van der Waals surface area contributed by atoms with Gasteiger partial charge in [-0.1, -0.05) is 15.9 Å². The Kier molecular flexibility index (Phi) is 5.06. The number of nitrogens with zero attached hydrogens (tertiary/aromatic N) is 1. The van der Waals surface area contributed by atoms with Crippen LogP contribution in [0, 0.1) is 0 Å². The molecule has 0 aliphatic carbocycles. The molecule has 5 nitrogen and oxygen atoms in total. The van der Waals surface area contributed by atoms with Crippen LogP contribution in [-0.2, 0) is 14.8 Å². The Morgan fingerprint density at radius 2 is 2.20 bits per heavy atom. The van der Waals surface area contributed by atoms with Gasteiger partial charge in [0.25, 0.3) is 0 Å². The van der Waals surface area contributed by atoms with Crippen molar-refractivity contribution < 1.29 is 17.9 Å². The minimum atomic E-state index is -3.59. The fraction of sp³-hybridized carbons (Fsp3) is 0.538. The largest absolute Gasteiger partial charge is 0.495 e. The maximum absolute atomic E-state index is 12.8. The first-order valence-electron chi connectivity index (χ1n) is 6.40. The quantitative estimate of drug-likeness (QED) is 0.826. The van der Waals surface area contributed by atoms with E-state index < -0.39 is 10.0 Å². The molecule has 0 radical (unpaired) electrons. The summed E-state index contributed by atoms with van der Waals surface area (Å²) < 4.78 is 38.4. The van der Waals surface area contributed by atoms with Crippen LogP contribution in [0.4, 0.5) is 0 Å². The maximum atomic E-state index is 12.8. The van der Waals surface area contributed by atoms with Crippen molar-refractivity contribution in [3.05, 3.63) is 22.7 Å². The summed E-state index contributed by atoms with van der Waals surface area (Å²) >= 11 is 3.31. The van der Waals surface area contributed by atoms with Crippen molar-refractivity contribution in [3.8, 4) is 5.75 Å². The molecule has 0 amide bonds. The van der Waals surface area contributed by atoms with Gasteiger partial charge >= 0.3 is 0 Å². The first-order valence-corrected chi connectivity index (χ1v) is 8.63. The van der Waals surface area contributed by atoms with Crippen LogP contribution < -0.4 is 4.74 Å². The van der Waals surface area contributed by atoms with Crippen molar-refractivity contribution in [3.63, 3.8) is 0 Å². The minimum absolute atomic E-state index is 0.106. The molecule has 2 rings (SSSR count). The van der Waals surface area contributed by atoms with Crippen molar-refractivity contribution >= 4 is 26.0 Å². The normalized spacial score (nSPS) is 21.4. The van der Waals surface area contributed by atoms with E-state index in [1.165, 1.54) is 11.4 Å². The second-order valence-corrected chi connectivity index (χ2v) is 7.52. The van der Waals surface area contributed by atoms with Crippen molar-refractivity contribution in [2.24, 2.45) is 0 Å². The Bertz CT molecular complexity index is 576. The van der Waals surface area contributed by atoms with Crippen LogP contribution in [0.15, 0.2) is 27.6 Å². The second-order valence-electron chi connectivity index (χ2n) is 4.69. The van der Waals surface area contributed by atoms with Crippen LogP contribution in [-0.4, -0.2) is 45.6 Å². The summed E-state index contributed by atoms with van der Waals surface area (Å²) in [5, 5.41) is 0. The van der Waals surface area contributed by atoms with E-state index in [0.29, 0.717) is 36.3 Å². The fourth-order valence-electron chi connectivity index (χ4n) is 2.17. The van der Waals surface area contributed by atoms with Crippen molar-refractivity contribution in [1.29, 1.82) is 0 Å². The Hall–Kier alpha value is -0.630. The second kappa shape index (κ2) is 6.43. The van der Waals surface area contributed by atoms with Crippen LogP contribution in [0.3, 0.4) is 0 Å². The Labute approximate surface area is 128 Å². The smallest absolute Gasteiger partial charge is 0.246 e. The molecule has 0 saturated carbocycles. The topological polar surface area (TPSA) is 55.8 Å². The van der Waals surface area contributed by atoms with Crippen LogP contribution >= 0.6 is 15.9 Å². The standard InChI is InChI=1S/C13H18BrNO4S/c1-10-9-15(6-3-7-19-10)20(16,17)13-8-11(14)4-5-12(13)18-2/h4-5,8,10H,3,6-7,9H2,1-2H3. The molecule has 0 aromatic heterocycles. The van der Waals surface area contributed by atoms with E-state index in [9.17, 15) is 8.42 Å². The predicted octanol–water partition coefficient (Wildman–Crippen LogP) is 2.26. The van der Waals surface area contributed by atoms with Gasteiger partial charge in [-0.05, 0) is 31.5 Å². The molecule has 1 heterocycles. The van der Waals surface area contributed by atoms with E-state index in [0.717, 1.165) is 0 Å². The summed E-state index contributed by atoms with van der Waals surface area (Å²) in [5.41, 5.74) is 0. The lowest BCUT2D eigenvalue weighted by Crippen LogP contribution is -2.36. The lowest BCUT2D eigenvalue weighted by molar-refractivity contribution is 0.0752. The van der Waals surface area contributed by atoms with Gasteiger partial charge in [-0.15, -0.1) is 0 Å². The molecule has 1 unspecified atom stereocenters. The van der Waals surface area contributed by atoms with Crippen LogP contribution in [0.2, 0.25) is 0 Å². The van der Waals surface area contributed by atoms with E-state index in [2.05, 4.69) is 15.9 Å². The number of benzene rings is 1. The Morgan fingerprint density at radius 1 is 1.45 bits per heavy atom. The highest BCUT2D eigenvalue weighted by atomic mass is 79.9.